The number of amides is 1. The molecule has 7 heteroatoms. The number of thiazole rings is 1. The Kier molecular flexibility index (Phi) is 6.90. The van der Waals surface area contributed by atoms with E-state index in [-0.39, 0.29) is 29.6 Å². The van der Waals surface area contributed by atoms with Gasteiger partial charge in [-0.05, 0) is 44.2 Å². The summed E-state index contributed by atoms with van der Waals surface area (Å²) >= 11 is 2.88. The van der Waals surface area contributed by atoms with Crippen molar-refractivity contribution in [2.75, 3.05) is 6.61 Å². The van der Waals surface area contributed by atoms with Crippen LogP contribution in [0.1, 0.15) is 49.6 Å². The first-order valence-electron chi connectivity index (χ1n) is 9.21. The number of rotatable bonds is 7. The summed E-state index contributed by atoms with van der Waals surface area (Å²) in [5, 5.41) is 4.79. The molecule has 1 aromatic heterocycles. The first-order valence-corrected chi connectivity index (χ1v) is 11.0. The molecule has 1 aromatic carbocycles. The zero-order valence-corrected chi connectivity index (χ0v) is 17.2. The number of nitrogens with one attached hydrogen (secondary N) is 1. The Hall–Kier alpha value is -1.86. The maximum absolute atomic E-state index is 12.7. The van der Waals surface area contributed by atoms with Crippen LogP contribution in [0.2, 0.25) is 0 Å². The van der Waals surface area contributed by atoms with Crippen molar-refractivity contribution in [2.24, 2.45) is 0 Å². The number of hydrogen-bond donors (Lipinski definition) is 1. The Balaban J connectivity index is 1.56. The zero-order chi connectivity index (χ0) is 19.2. The van der Waals surface area contributed by atoms with E-state index in [9.17, 15) is 9.59 Å². The van der Waals surface area contributed by atoms with Crippen LogP contribution < -0.4 is 5.32 Å². The lowest BCUT2D eigenvalue weighted by molar-refractivity contribution is -0.142. The average Bonchev–Trinajstić information content (AvgIpc) is 3.08. The Labute approximate surface area is 167 Å². The minimum atomic E-state index is -0.277. The number of benzene rings is 1. The molecule has 2 atom stereocenters. The second-order valence-corrected chi connectivity index (χ2v) is 8.94. The van der Waals surface area contributed by atoms with E-state index >= 15 is 0 Å². The third kappa shape index (κ3) is 5.32. The van der Waals surface area contributed by atoms with Gasteiger partial charge in [-0.3, -0.25) is 9.59 Å². The van der Waals surface area contributed by atoms with Gasteiger partial charge in [0.2, 0.25) is 5.91 Å². The second-order valence-electron chi connectivity index (χ2n) is 6.50. The van der Waals surface area contributed by atoms with Crippen molar-refractivity contribution < 1.29 is 14.3 Å². The maximum Gasteiger partial charge on any atom is 0.311 e. The SMILES string of the molecule is CCOC(=O)Cc1csc(S[C@@H](C)C(=O)N[C@H]2CCCc3ccccc32)n1. The lowest BCUT2D eigenvalue weighted by atomic mass is 9.88. The van der Waals surface area contributed by atoms with Gasteiger partial charge in [-0.1, -0.05) is 36.0 Å². The number of fused-ring (bicyclic) bond motifs is 1. The van der Waals surface area contributed by atoms with Crippen LogP contribution in [0.5, 0.6) is 0 Å². The molecule has 144 valence electrons. The van der Waals surface area contributed by atoms with Crippen molar-refractivity contribution in [3.63, 3.8) is 0 Å². The molecule has 0 saturated carbocycles. The van der Waals surface area contributed by atoms with Crippen LogP contribution in [-0.4, -0.2) is 28.7 Å². The number of hydrogen-bond acceptors (Lipinski definition) is 6. The number of ether oxygens (including phenoxy) is 1. The smallest absolute Gasteiger partial charge is 0.311 e. The van der Waals surface area contributed by atoms with E-state index in [4.69, 9.17) is 4.74 Å². The summed E-state index contributed by atoms with van der Waals surface area (Å²) in [4.78, 5) is 28.6. The molecule has 1 aliphatic rings. The number of carbonyl (C=O) groups excluding carboxylic acids is 2. The number of aromatic nitrogens is 1. The van der Waals surface area contributed by atoms with Gasteiger partial charge in [-0.25, -0.2) is 4.98 Å². The van der Waals surface area contributed by atoms with Crippen LogP contribution in [0, 0.1) is 0 Å². The van der Waals surface area contributed by atoms with Crippen LogP contribution in [0.25, 0.3) is 0 Å². The number of aryl methyl sites for hydroxylation is 1. The molecule has 0 aliphatic heterocycles. The van der Waals surface area contributed by atoms with Crippen molar-refractivity contribution >= 4 is 35.0 Å². The molecule has 0 spiro atoms. The van der Waals surface area contributed by atoms with Crippen molar-refractivity contribution in [2.45, 2.75) is 55.2 Å². The van der Waals surface area contributed by atoms with E-state index in [1.807, 2.05) is 18.4 Å². The van der Waals surface area contributed by atoms with Gasteiger partial charge < -0.3 is 10.1 Å². The lowest BCUT2D eigenvalue weighted by Crippen LogP contribution is -2.35. The second kappa shape index (κ2) is 9.37. The minimum Gasteiger partial charge on any atom is -0.466 e. The highest BCUT2D eigenvalue weighted by atomic mass is 32.2. The average molecular weight is 405 g/mol. The van der Waals surface area contributed by atoms with Gasteiger partial charge in [0, 0.05) is 5.38 Å². The first-order chi connectivity index (χ1) is 13.1. The van der Waals surface area contributed by atoms with E-state index < -0.39 is 0 Å². The molecule has 1 aliphatic carbocycles. The Morgan fingerprint density at radius 1 is 1.41 bits per heavy atom. The summed E-state index contributed by atoms with van der Waals surface area (Å²) < 4.78 is 5.74. The third-order valence-corrected chi connectivity index (χ3v) is 6.61. The fourth-order valence-corrected chi connectivity index (χ4v) is 5.17. The summed E-state index contributed by atoms with van der Waals surface area (Å²) in [6.45, 7) is 4.04. The molecular weight excluding hydrogens is 380 g/mol. The van der Waals surface area contributed by atoms with Crippen molar-refractivity contribution in [3.8, 4) is 0 Å². The summed E-state index contributed by atoms with van der Waals surface area (Å²) in [6.07, 6.45) is 3.31. The minimum absolute atomic E-state index is 0.0174. The number of thioether (sulfide) groups is 1. The Morgan fingerprint density at radius 2 is 2.22 bits per heavy atom. The molecule has 0 bridgehead atoms. The molecule has 3 rings (SSSR count). The predicted molar refractivity (Wildman–Crippen MR) is 108 cm³/mol. The fraction of sp³-hybridized carbons (Fsp3) is 0.450. The molecule has 0 fully saturated rings. The molecule has 0 unspecified atom stereocenters. The highest BCUT2D eigenvalue weighted by molar-refractivity contribution is 8.02. The highest BCUT2D eigenvalue weighted by Gasteiger charge is 2.24. The van der Waals surface area contributed by atoms with Crippen molar-refractivity contribution in [1.82, 2.24) is 10.3 Å². The summed E-state index contributed by atoms with van der Waals surface area (Å²) in [5.41, 5.74) is 3.26. The van der Waals surface area contributed by atoms with E-state index in [0.717, 1.165) is 23.6 Å². The van der Waals surface area contributed by atoms with Gasteiger partial charge in [0.25, 0.3) is 0 Å². The van der Waals surface area contributed by atoms with Crippen molar-refractivity contribution in [3.05, 3.63) is 46.5 Å². The van der Waals surface area contributed by atoms with E-state index in [1.165, 1.54) is 34.2 Å². The molecule has 0 radical (unpaired) electrons. The first kappa shape index (κ1) is 19.9. The number of carbonyl (C=O) groups is 2. The third-order valence-electron chi connectivity index (χ3n) is 4.49. The van der Waals surface area contributed by atoms with Crippen molar-refractivity contribution in [1.29, 1.82) is 0 Å². The van der Waals surface area contributed by atoms with E-state index in [2.05, 4.69) is 28.5 Å². The number of esters is 1. The Morgan fingerprint density at radius 3 is 3.04 bits per heavy atom. The van der Waals surface area contributed by atoms with Crippen LogP contribution in [0.4, 0.5) is 0 Å². The van der Waals surface area contributed by atoms with Gasteiger partial charge in [0.15, 0.2) is 4.34 Å². The van der Waals surface area contributed by atoms with Crippen LogP contribution in [0.15, 0.2) is 34.0 Å². The normalized spacial score (nSPS) is 17.0. The monoisotopic (exact) mass is 404 g/mol. The topological polar surface area (TPSA) is 68.3 Å². The molecule has 0 saturated heterocycles. The molecule has 1 N–H and O–H groups in total. The summed E-state index contributed by atoms with van der Waals surface area (Å²) in [7, 11) is 0. The number of nitrogens with zero attached hydrogens (tertiary/aromatic N) is 1. The highest BCUT2D eigenvalue weighted by Crippen LogP contribution is 2.31. The van der Waals surface area contributed by atoms with Crippen LogP contribution in [-0.2, 0) is 27.2 Å². The largest absolute Gasteiger partial charge is 0.466 e. The summed E-state index contributed by atoms with van der Waals surface area (Å²) in [6, 6.07) is 8.42. The van der Waals surface area contributed by atoms with Gasteiger partial charge in [-0.2, -0.15) is 0 Å². The predicted octanol–water partition coefficient (Wildman–Crippen LogP) is 3.92. The standard InChI is InChI=1S/C20H24N2O3S2/c1-3-25-18(23)11-15-12-26-20(21-15)27-13(2)19(24)22-17-10-6-8-14-7-4-5-9-16(14)17/h4-5,7,9,12-13,17H,3,6,8,10-11H2,1-2H3,(H,22,24)/t13-,17-/m0/s1. The van der Waals surface area contributed by atoms with E-state index in [0.29, 0.717) is 12.3 Å². The molecule has 1 heterocycles. The van der Waals surface area contributed by atoms with Crippen LogP contribution in [0.3, 0.4) is 0 Å². The lowest BCUT2D eigenvalue weighted by Gasteiger charge is -2.27. The quantitative estimate of drug-likeness (QED) is 0.559. The fourth-order valence-electron chi connectivity index (χ4n) is 3.18. The maximum atomic E-state index is 12.7. The molecule has 5 nitrogen and oxygen atoms in total. The molecule has 27 heavy (non-hydrogen) atoms. The summed E-state index contributed by atoms with van der Waals surface area (Å²) in [5.74, 6) is -0.259. The molecule has 2 aromatic rings. The Bertz CT molecular complexity index is 806. The van der Waals surface area contributed by atoms with Gasteiger partial charge in [-0.15, -0.1) is 11.3 Å². The molecule has 1 amide bonds. The zero-order valence-electron chi connectivity index (χ0n) is 15.6. The molecular formula is C20H24N2O3S2. The van der Waals surface area contributed by atoms with E-state index in [1.54, 1.807) is 6.92 Å². The van der Waals surface area contributed by atoms with Crippen LogP contribution >= 0.6 is 23.1 Å². The van der Waals surface area contributed by atoms with Gasteiger partial charge in [0.1, 0.15) is 0 Å². The van der Waals surface area contributed by atoms with Gasteiger partial charge >= 0.3 is 5.97 Å². The van der Waals surface area contributed by atoms with Gasteiger partial charge in [0.05, 0.1) is 30.0 Å².